The molecule has 0 bridgehead atoms. The van der Waals surface area contributed by atoms with Crippen molar-refractivity contribution in [2.75, 3.05) is 0 Å². The van der Waals surface area contributed by atoms with Crippen molar-refractivity contribution >= 4 is 54.9 Å². The smallest absolute Gasteiger partial charge is 0.164 e. The number of hydrogen-bond acceptors (Lipinski definition) is 4. The van der Waals surface area contributed by atoms with Crippen LogP contribution in [0.5, 0.6) is 0 Å². The molecule has 0 unspecified atom stereocenters. The molecule has 7 aromatic carbocycles. The summed E-state index contributed by atoms with van der Waals surface area (Å²) < 4.78 is 6.65. The molecule has 9 aromatic rings. The van der Waals surface area contributed by atoms with E-state index >= 15 is 0 Å². The van der Waals surface area contributed by atoms with Gasteiger partial charge in [0.15, 0.2) is 17.5 Å². The van der Waals surface area contributed by atoms with Crippen molar-refractivity contribution in [3.05, 3.63) is 162 Å². The van der Waals surface area contributed by atoms with E-state index in [0.717, 1.165) is 56.7 Å². The molecule has 0 radical (unpaired) electrons. The van der Waals surface area contributed by atoms with Gasteiger partial charge < -0.3 is 4.42 Å². The van der Waals surface area contributed by atoms with Crippen molar-refractivity contribution in [2.45, 2.75) is 12.8 Å². The van der Waals surface area contributed by atoms with Gasteiger partial charge in [0.1, 0.15) is 11.0 Å². The average molecular weight is 628 g/mol. The predicted octanol–water partition coefficient (Wildman–Crippen LogP) is 9.85. The zero-order valence-electron chi connectivity index (χ0n) is 26.6. The van der Waals surface area contributed by atoms with E-state index in [1.54, 1.807) is 0 Å². The molecule has 0 fully saturated rings. The van der Waals surface area contributed by atoms with Crippen molar-refractivity contribution in [2.24, 2.45) is 0 Å². The molecule has 0 saturated heterocycles. The second kappa shape index (κ2) is 11.1. The summed E-state index contributed by atoms with van der Waals surface area (Å²) in [5, 5.41) is 9.88. The fourth-order valence-electron chi connectivity index (χ4n) is 7.44. The monoisotopic (exact) mass is 627 g/mol. The Morgan fingerprint density at radius 3 is 1.51 bits per heavy atom. The van der Waals surface area contributed by atoms with Crippen LogP contribution in [-0.2, 0) is 0 Å². The van der Waals surface area contributed by atoms with Gasteiger partial charge in [0.2, 0.25) is 0 Å². The summed E-state index contributed by atoms with van der Waals surface area (Å²) in [5.41, 5.74) is 6.97. The fraction of sp³-hybridized carbons (Fsp3) is 0.0444. The van der Waals surface area contributed by atoms with Gasteiger partial charge in [0, 0.05) is 27.3 Å². The van der Waals surface area contributed by atoms with Gasteiger partial charge in [-0.3, -0.25) is 0 Å². The Labute approximate surface area is 282 Å². The van der Waals surface area contributed by atoms with Crippen LogP contribution in [0.2, 0.25) is 0 Å². The number of nitrogens with zero attached hydrogens (tertiary/aromatic N) is 3. The average Bonchev–Trinajstić information content (AvgIpc) is 3.56. The minimum absolute atomic E-state index is 0.656. The summed E-state index contributed by atoms with van der Waals surface area (Å²) in [6.45, 7) is 0. The predicted molar refractivity (Wildman–Crippen MR) is 200 cm³/mol. The molecule has 10 rings (SSSR count). The van der Waals surface area contributed by atoms with Crippen LogP contribution < -0.4 is 10.6 Å². The molecule has 4 heteroatoms. The van der Waals surface area contributed by atoms with Crippen LogP contribution in [0.3, 0.4) is 0 Å². The maximum atomic E-state index is 6.65. The molecule has 1 aliphatic rings. The van der Waals surface area contributed by atoms with Crippen molar-refractivity contribution in [3.63, 3.8) is 0 Å². The Morgan fingerprint density at radius 1 is 0.408 bits per heavy atom. The van der Waals surface area contributed by atoms with Gasteiger partial charge in [-0.25, -0.2) is 15.0 Å². The molecule has 2 heterocycles. The SMILES string of the molecule is C1=c2c(oc3ccc(-c4ccc5c6ccccc6c6ccccc6c5c4)cc23)=C(c2nc(-c3ccccc3)nc(-c3ccccc3)n2)CC1. The van der Waals surface area contributed by atoms with Crippen LogP contribution >= 0.6 is 0 Å². The molecule has 0 spiro atoms. The third-order valence-corrected chi connectivity index (χ3v) is 9.79. The largest absolute Gasteiger partial charge is 0.456 e. The zero-order chi connectivity index (χ0) is 32.3. The molecule has 0 N–H and O–H groups in total. The number of fused-ring (bicyclic) bond motifs is 9. The van der Waals surface area contributed by atoms with Gasteiger partial charge in [0.05, 0.1) is 0 Å². The lowest BCUT2D eigenvalue weighted by Gasteiger charge is -2.12. The molecule has 230 valence electrons. The van der Waals surface area contributed by atoms with Crippen molar-refractivity contribution in [1.29, 1.82) is 0 Å². The van der Waals surface area contributed by atoms with Crippen LogP contribution in [0.1, 0.15) is 18.7 Å². The Bertz CT molecular complexity index is 2780. The number of furan rings is 1. The third-order valence-electron chi connectivity index (χ3n) is 9.79. The van der Waals surface area contributed by atoms with E-state index in [9.17, 15) is 0 Å². The lowest BCUT2D eigenvalue weighted by atomic mass is 9.92. The van der Waals surface area contributed by atoms with Gasteiger partial charge in [-0.2, -0.15) is 0 Å². The standard InChI is InChI=1S/C45H29N3O/c1-3-12-28(13-4-1)43-46-44(29-14-5-2-6-15-29)48-45(47-43)38-21-11-20-37-40-27-31(23-25-41(40)49-42(37)38)30-22-24-36-34-18-8-7-16-32(34)33-17-9-10-19-35(33)39(36)26-30/h1-10,12-20,22-27H,11,21H2. The van der Waals surface area contributed by atoms with Gasteiger partial charge in [-0.05, 0) is 74.5 Å². The number of aromatic nitrogens is 3. The Hall–Kier alpha value is -6.39. The first-order valence-electron chi connectivity index (χ1n) is 16.8. The highest BCUT2D eigenvalue weighted by Crippen LogP contribution is 2.37. The molecular weight excluding hydrogens is 599 g/mol. The highest BCUT2D eigenvalue weighted by molar-refractivity contribution is 6.25. The molecule has 4 nitrogen and oxygen atoms in total. The van der Waals surface area contributed by atoms with Gasteiger partial charge >= 0.3 is 0 Å². The first-order valence-corrected chi connectivity index (χ1v) is 16.8. The van der Waals surface area contributed by atoms with Crippen molar-refractivity contribution < 1.29 is 4.42 Å². The summed E-state index contributed by atoms with van der Waals surface area (Å²) in [6, 6.07) is 51.1. The summed E-state index contributed by atoms with van der Waals surface area (Å²) in [6.07, 6.45) is 3.97. The number of benzene rings is 7. The summed E-state index contributed by atoms with van der Waals surface area (Å²) in [4.78, 5) is 15.0. The minimum atomic E-state index is 0.656. The third kappa shape index (κ3) is 4.56. The molecular formula is C45H29N3O. The van der Waals surface area contributed by atoms with E-state index in [0.29, 0.717) is 17.5 Å². The van der Waals surface area contributed by atoms with Crippen LogP contribution in [0.15, 0.2) is 150 Å². The van der Waals surface area contributed by atoms with Gasteiger partial charge in [-0.1, -0.05) is 133 Å². The Morgan fingerprint density at radius 2 is 0.898 bits per heavy atom. The van der Waals surface area contributed by atoms with Crippen LogP contribution in [0.4, 0.5) is 0 Å². The minimum Gasteiger partial charge on any atom is -0.456 e. The quantitative estimate of drug-likeness (QED) is 0.182. The van der Waals surface area contributed by atoms with Crippen LogP contribution in [0, 0.1) is 0 Å². The van der Waals surface area contributed by atoms with Crippen molar-refractivity contribution in [3.8, 4) is 33.9 Å². The molecule has 0 saturated carbocycles. The van der Waals surface area contributed by atoms with E-state index in [2.05, 4.69) is 91.0 Å². The molecule has 49 heavy (non-hydrogen) atoms. The number of rotatable bonds is 4. The maximum Gasteiger partial charge on any atom is 0.164 e. The van der Waals surface area contributed by atoms with Crippen LogP contribution in [0.25, 0.3) is 88.8 Å². The number of hydrogen-bond donors (Lipinski definition) is 0. The molecule has 0 amide bonds. The normalized spacial score (nSPS) is 12.9. The highest BCUT2D eigenvalue weighted by atomic mass is 16.3. The topological polar surface area (TPSA) is 51.8 Å². The van der Waals surface area contributed by atoms with Gasteiger partial charge in [-0.15, -0.1) is 0 Å². The Balaban J connectivity index is 1.16. The van der Waals surface area contributed by atoms with Gasteiger partial charge in [0.25, 0.3) is 0 Å². The molecule has 0 atom stereocenters. The van der Waals surface area contributed by atoms with E-state index in [4.69, 9.17) is 19.4 Å². The zero-order valence-corrected chi connectivity index (χ0v) is 26.6. The Kier molecular flexibility index (Phi) is 6.28. The van der Waals surface area contributed by atoms with E-state index in [1.807, 2.05) is 60.7 Å². The second-order valence-corrected chi connectivity index (χ2v) is 12.7. The van der Waals surface area contributed by atoms with E-state index < -0.39 is 0 Å². The lowest BCUT2D eigenvalue weighted by molar-refractivity contribution is 0.567. The lowest BCUT2D eigenvalue weighted by Crippen LogP contribution is -2.27. The van der Waals surface area contributed by atoms with Crippen LogP contribution in [-0.4, -0.2) is 15.0 Å². The molecule has 0 aliphatic heterocycles. The summed E-state index contributed by atoms with van der Waals surface area (Å²) in [5.74, 6) is 1.97. The molecule has 1 aliphatic carbocycles. The van der Waals surface area contributed by atoms with E-state index in [-0.39, 0.29) is 0 Å². The first kappa shape index (κ1) is 27.7. The fourth-order valence-corrected chi connectivity index (χ4v) is 7.44. The summed E-state index contributed by atoms with van der Waals surface area (Å²) in [7, 11) is 0. The highest BCUT2D eigenvalue weighted by Gasteiger charge is 2.20. The maximum absolute atomic E-state index is 6.65. The van der Waals surface area contributed by atoms with Crippen molar-refractivity contribution in [1.82, 2.24) is 15.0 Å². The molecule has 2 aromatic heterocycles. The van der Waals surface area contributed by atoms with E-state index in [1.165, 1.54) is 37.9 Å². The second-order valence-electron chi connectivity index (χ2n) is 12.7. The first-order chi connectivity index (χ1) is 24.3. The summed E-state index contributed by atoms with van der Waals surface area (Å²) >= 11 is 0.